The van der Waals surface area contributed by atoms with E-state index in [-0.39, 0.29) is 11.8 Å². The second-order valence-electron chi connectivity index (χ2n) is 5.38. The van der Waals surface area contributed by atoms with Gasteiger partial charge in [-0.15, -0.1) is 0 Å². The van der Waals surface area contributed by atoms with Crippen LogP contribution < -0.4 is 4.74 Å². The largest absolute Gasteiger partial charge is 0.471 e. The van der Waals surface area contributed by atoms with Gasteiger partial charge in [-0.05, 0) is 18.4 Å². The normalized spacial score (nSPS) is 18.8. The minimum absolute atomic E-state index is 0.193. The summed E-state index contributed by atoms with van der Waals surface area (Å²) in [5, 5.41) is 0. The van der Waals surface area contributed by atoms with E-state index in [1.54, 1.807) is 4.90 Å². The zero-order valence-electron chi connectivity index (χ0n) is 11.9. The molecule has 1 aliphatic heterocycles. The average Bonchev–Trinajstić information content (AvgIpc) is 2.91. The quantitative estimate of drug-likeness (QED) is 0.784. The number of alkyl halides is 4. The van der Waals surface area contributed by atoms with E-state index in [2.05, 4.69) is 9.72 Å². The van der Waals surface area contributed by atoms with E-state index in [0.717, 1.165) is 6.42 Å². The Morgan fingerprint density at radius 1 is 1.50 bits per heavy atom. The van der Waals surface area contributed by atoms with Gasteiger partial charge in [-0.1, -0.05) is 6.92 Å². The van der Waals surface area contributed by atoms with Gasteiger partial charge in [0.25, 0.3) is 5.91 Å². The van der Waals surface area contributed by atoms with Crippen molar-refractivity contribution in [2.24, 2.45) is 5.92 Å². The van der Waals surface area contributed by atoms with Crippen LogP contribution >= 0.6 is 0 Å². The van der Waals surface area contributed by atoms with Crippen molar-refractivity contribution in [3.05, 3.63) is 23.9 Å². The van der Waals surface area contributed by atoms with E-state index in [0.29, 0.717) is 24.6 Å². The summed E-state index contributed by atoms with van der Waals surface area (Å²) in [5.74, 6) is -4.22. The predicted octanol–water partition coefficient (Wildman–Crippen LogP) is 2.84. The molecule has 1 aliphatic rings. The lowest BCUT2D eigenvalue weighted by Crippen LogP contribution is -2.34. The molecule has 1 saturated heterocycles. The summed E-state index contributed by atoms with van der Waals surface area (Å²) < 4.78 is 54.0. The van der Waals surface area contributed by atoms with Crippen molar-refractivity contribution in [2.75, 3.05) is 19.7 Å². The number of carbonyl (C=O) groups excluding carboxylic acids is 1. The van der Waals surface area contributed by atoms with Crippen LogP contribution in [0, 0.1) is 5.92 Å². The molecule has 0 radical (unpaired) electrons. The molecule has 122 valence electrons. The van der Waals surface area contributed by atoms with Gasteiger partial charge in [-0.3, -0.25) is 4.79 Å². The van der Waals surface area contributed by atoms with Gasteiger partial charge in [0.15, 0.2) is 6.61 Å². The molecule has 0 aliphatic carbocycles. The fourth-order valence-electron chi connectivity index (χ4n) is 2.13. The first kappa shape index (κ1) is 16.5. The van der Waals surface area contributed by atoms with E-state index in [1.165, 1.54) is 18.3 Å². The second kappa shape index (κ2) is 6.50. The lowest BCUT2D eigenvalue weighted by atomic mass is 10.2. The molecule has 1 aromatic heterocycles. The fourth-order valence-corrected chi connectivity index (χ4v) is 2.13. The van der Waals surface area contributed by atoms with E-state index in [4.69, 9.17) is 0 Å². The Morgan fingerprint density at radius 2 is 2.23 bits per heavy atom. The number of nitrogens with zero attached hydrogens (tertiary/aromatic N) is 2. The van der Waals surface area contributed by atoms with Crippen LogP contribution in [0.1, 0.15) is 23.7 Å². The fraction of sp³-hybridized carbons (Fsp3) is 0.571. The standard InChI is InChI=1S/C14H16F4N2O2/c1-9-4-5-20(7-9)12(21)10-2-3-11(19-6-10)22-8-14(17,18)13(15)16/h2-3,6,9,13H,4-5,7-8H2,1H3. The van der Waals surface area contributed by atoms with Gasteiger partial charge in [0.1, 0.15) is 0 Å². The van der Waals surface area contributed by atoms with Crippen LogP contribution in [0.4, 0.5) is 17.6 Å². The highest BCUT2D eigenvalue weighted by atomic mass is 19.3. The van der Waals surface area contributed by atoms with Crippen molar-refractivity contribution in [1.82, 2.24) is 9.88 Å². The molecule has 1 aromatic rings. The Hall–Kier alpha value is -1.86. The van der Waals surface area contributed by atoms with Crippen LogP contribution in [-0.2, 0) is 0 Å². The first-order valence-electron chi connectivity index (χ1n) is 6.83. The molecule has 8 heteroatoms. The van der Waals surface area contributed by atoms with Gasteiger partial charge in [-0.2, -0.15) is 8.78 Å². The molecule has 0 saturated carbocycles. The number of pyridine rings is 1. The van der Waals surface area contributed by atoms with Gasteiger partial charge in [-0.25, -0.2) is 13.8 Å². The van der Waals surface area contributed by atoms with Crippen molar-refractivity contribution >= 4 is 5.91 Å². The highest BCUT2D eigenvalue weighted by molar-refractivity contribution is 5.94. The van der Waals surface area contributed by atoms with Crippen molar-refractivity contribution in [2.45, 2.75) is 25.7 Å². The molecule has 0 aromatic carbocycles. The molecular weight excluding hydrogens is 304 g/mol. The molecule has 2 heterocycles. The Balaban J connectivity index is 1.94. The maximum Gasteiger partial charge on any atom is 0.340 e. The SMILES string of the molecule is CC1CCN(C(=O)c2ccc(OCC(F)(F)C(F)F)nc2)C1. The van der Waals surface area contributed by atoms with Crippen LogP contribution in [0.3, 0.4) is 0 Å². The minimum atomic E-state index is -4.23. The molecular formula is C14H16F4N2O2. The van der Waals surface area contributed by atoms with Gasteiger partial charge >= 0.3 is 12.3 Å². The first-order chi connectivity index (χ1) is 10.3. The van der Waals surface area contributed by atoms with Crippen LogP contribution in [0.25, 0.3) is 0 Å². The van der Waals surface area contributed by atoms with E-state index in [9.17, 15) is 22.4 Å². The number of aromatic nitrogens is 1. The molecule has 1 unspecified atom stereocenters. The van der Waals surface area contributed by atoms with Crippen molar-refractivity contribution in [1.29, 1.82) is 0 Å². The lowest BCUT2D eigenvalue weighted by molar-refractivity contribution is -0.148. The molecule has 0 bridgehead atoms. The zero-order chi connectivity index (χ0) is 16.3. The Kier molecular flexibility index (Phi) is 4.87. The summed E-state index contributed by atoms with van der Waals surface area (Å²) in [4.78, 5) is 17.5. The number of ether oxygens (including phenoxy) is 1. The third kappa shape index (κ3) is 3.86. The van der Waals surface area contributed by atoms with E-state index < -0.39 is 19.0 Å². The van der Waals surface area contributed by atoms with Gasteiger partial charge in [0.05, 0.1) is 5.56 Å². The van der Waals surface area contributed by atoms with Crippen LogP contribution in [0.5, 0.6) is 5.88 Å². The third-order valence-electron chi connectivity index (χ3n) is 3.43. The molecule has 1 amide bonds. The summed E-state index contributed by atoms with van der Waals surface area (Å²) in [6.07, 6.45) is -1.67. The molecule has 2 rings (SSSR count). The van der Waals surface area contributed by atoms with Gasteiger partial charge in [0.2, 0.25) is 5.88 Å². The van der Waals surface area contributed by atoms with Crippen LogP contribution in [0.2, 0.25) is 0 Å². The van der Waals surface area contributed by atoms with E-state index in [1.807, 2.05) is 6.92 Å². The summed E-state index contributed by atoms with van der Waals surface area (Å²) >= 11 is 0. The molecule has 4 nitrogen and oxygen atoms in total. The highest BCUT2D eigenvalue weighted by Crippen LogP contribution is 2.24. The van der Waals surface area contributed by atoms with Crippen molar-refractivity contribution in [3.63, 3.8) is 0 Å². The number of carbonyl (C=O) groups is 1. The maximum atomic E-state index is 12.7. The number of hydrogen-bond donors (Lipinski definition) is 0. The van der Waals surface area contributed by atoms with Gasteiger partial charge < -0.3 is 9.64 Å². The zero-order valence-corrected chi connectivity index (χ0v) is 11.9. The summed E-state index contributed by atoms with van der Waals surface area (Å²) in [6, 6.07) is 2.60. The number of amides is 1. The monoisotopic (exact) mass is 320 g/mol. The first-order valence-corrected chi connectivity index (χ1v) is 6.83. The smallest absolute Gasteiger partial charge is 0.340 e. The molecule has 1 atom stereocenters. The summed E-state index contributed by atoms with van der Waals surface area (Å²) in [7, 11) is 0. The average molecular weight is 320 g/mol. The summed E-state index contributed by atoms with van der Waals surface area (Å²) in [6.45, 7) is 1.91. The van der Waals surface area contributed by atoms with Gasteiger partial charge in [0, 0.05) is 25.4 Å². The Bertz CT molecular complexity index is 522. The lowest BCUT2D eigenvalue weighted by Gasteiger charge is -2.17. The Labute approximate surface area is 125 Å². The second-order valence-corrected chi connectivity index (χ2v) is 5.38. The predicted molar refractivity (Wildman–Crippen MR) is 70.4 cm³/mol. The summed E-state index contributed by atoms with van der Waals surface area (Å²) in [5.41, 5.74) is 0.307. The molecule has 22 heavy (non-hydrogen) atoms. The number of hydrogen-bond acceptors (Lipinski definition) is 3. The third-order valence-corrected chi connectivity index (χ3v) is 3.43. The van der Waals surface area contributed by atoms with Crippen LogP contribution in [-0.4, -0.2) is 47.8 Å². The Morgan fingerprint density at radius 3 is 2.73 bits per heavy atom. The highest BCUT2D eigenvalue weighted by Gasteiger charge is 2.41. The maximum absolute atomic E-state index is 12.7. The van der Waals surface area contributed by atoms with Crippen molar-refractivity contribution in [3.8, 4) is 5.88 Å². The number of likely N-dealkylation sites (tertiary alicyclic amines) is 1. The molecule has 0 spiro atoms. The number of halogens is 4. The number of rotatable bonds is 5. The minimum Gasteiger partial charge on any atom is -0.471 e. The molecule has 0 N–H and O–H groups in total. The van der Waals surface area contributed by atoms with Crippen molar-refractivity contribution < 1.29 is 27.1 Å². The molecule has 1 fully saturated rings. The topological polar surface area (TPSA) is 42.4 Å². The van der Waals surface area contributed by atoms with Crippen LogP contribution in [0.15, 0.2) is 18.3 Å². The van der Waals surface area contributed by atoms with E-state index >= 15 is 0 Å².